The van der Waals surface area contributed by atoms with Crippen LogP contribution in [0.4, 0.5) is 0 Å². The smallest absolute Gasteiger partial charge is 0.316 e. The van der Waals surface area contributed by atoms with Crippen molar-refractivity contribution >= 4 is 23.6 Å². The van der Waals surface area contributed by atoms with E-state index in [9.17, 15) is 9.59 Å². The second-order valence-electron chi connectivity index (χ2n) is 3.65. The summed E-state index contributed by atoms with van der Waals surface area (Å²) in [6, 6.07) is 0. The number of carbonyl (C=O) groups excluding carboxylic acids is 2. The van der Waals surface area contributed by atoms with Crippen LogP contribution < -0.4 is 11.3 Å². The van der Waals surface area contributed by atoms with Crippen LogP contribution in [0.2, 0.25) is 0 Å². The van der Waals surface area contributed by atoms with Gasteiger partial charge in [-0.3, -0.25) is 15.0 Å². The normalized spacial score (nSPS) is 10.9. The van der Waals surface area contributed by atoms with Gasteiger partial charge in [-0.15, -0.1) is 11.8 Å². The van der Waals surface area contributed by atoms with Gasteiger partial charge in [-0.25, -0.2) is 5.84 Å². The van der Waals surface area contributed by atoms with Gasteiger partial charge in [-0.1, -0.05) is 0 Å². The molecule has 1 amide bonds. The van der Waals surface area contributed by atoms with Crippen LogP contribution in [0, 0.1) is 0 Å². The number of esters is 1. The lowest BCUT2D eigenvalue weighted by Crippen LogP contribution is -2.32. The third-order valence-corrected chi connectivity index (χ3v) is 1.94. The summed E-state index contributed by atoms with van der Waals surface area (Å²) in [7, 11) is 0. The van der Waals surface area contributed by atoms with E-state index < -0.39 is 5.60 Å². The van der Waals surface area contributed by atoms with E-state index in [4.69, 9.17) is 10.6 Å². The third kappa shape index (κ3) is 7.88. The predicted molar refractivity (Wildman–Crippen MR) is 55.5 cm³/mol. The first kappa shape index (κ1) is 13.2. The molecular formula is C8H16N2O3S. The van der Waals surface area contributed by atoms with Crippen molar-refractivity contribution in [2.75, 3.05) is 11.5 Å². The zero-order chi connectivity index (χ0) is 11.2. The van der Waals surface area contributed by atoms with Crippen LogP contribution in [0.15, 0.2) is 0 Å². The third-order valence-electron chi connectivity index (χ3n) is 1.03. The fourth-order valence-electron chi connectivity index (χ4n) is 0.640. The van der Waals surface area contributed by atoms with Crippen molar-refractivity contribution in [2.24, 2.45) is 5.84 Å². The van der Waals surface area contributed by atoms with Crippen molar-refractivity contribution in [3.63, 3.8) is 0 Å². The van der Waals surface area contributed by atoms with Crippen LogP contribution in [0.3, 0.4) is 0 Å². The number of thioether (sulfide) groups is 1. The SMILES string of the molecule is CC(C)(C)OC(=O)CSCC(=O)NN. The number of nitrogens with one attached hydrogen (secondary N) is 1. The maximum Gasteiger partial charge on any atom is 0.316 e. The molecule has 0 spiro atoms. The van der Waals surface area contributed by atoms with Gasteiger partial charge in [-0.2, -0.15) is 0 Å². The highest BCUT2D eigenvalue weighted by Crippen LogP contribution is 2.09. The number of ether oxygens (including phenoxy) is 1. The summed E-state index contributed by atoms with van der Waals surface area (Å²) in [5, 5.41) is 0. The highest BCUT2D eigenvalue weighted by Gasteiger charge is 2.16. The fourth-order valence-corrected chi connectivity index (χ4v) is 1.24. The van der Waals surface area contributed by atoms with Crippen molar-refractivity contribution < 1.29 is 14.3 Å². The van der Waals surface area contributed by atoms with Gasteiger partial charge in [0.25, 0.3) is 0 Å². The molecule has 0 bridgehead atoms. The van der Waals surface area contributed by atoms with Crippen molar-refractivity contribution in [1.29, 1.82) is 0 Å². The zero-order valence-corrected chi connectivity index (χ0v) is 9.44. The minimum atomic E-state index is -0.478. The van der Waals surface area contributed by atoms with Crippen LogP contribution >= 0.6 is 11.8 Å². The molecule has 0 aliphatic carbocycles. The topological polar surface area (TPSA) is 81.4 Å². The Hall–Kier alpha value is -0.750. The predicted octanol–water partition coefficient (Wildman–Crippen LogP) is 0.0512. The van der Waals surface area contributed by atoms with Crippen LogP contribution in [0.5, 0.6) is 0 Å². The Morgan fingerprint density at radius 1 is 1.36 bits per heavy atom. The van der Waals surface area contributed by atoms with E-state index in [0.717, 1.165) is 0 Å². The summed E-state index contributed by atoms with van der Waals surface area (Å²) >= 11 is 1.17. The van der Waals surface area contributed by atoms with Crippen molar-refractivity contribution in [2.45, 2.75) is 26.4 Å². The maximum atomic E-state index is 11.1. The summed E-state index contributed by atoms with van der Waals surface area (Å²) in [4.78, 5) is 21.8. The first-order valence-electron chi connectivity index (χ1n) is 4.14. The molecule has 0 aromatic rings. The average molecular weight is 220 g/mol. The van der Waals surface area contributed by atoms with E-state index in [0.29, 0.717) is 0 Å². The number of hydrogen-bond donors (Lipinski definition) is 2. The molecule has 0 saturated heterocycles. The molecule has 0 aliphatic rings. The minimum Gasteiger partial charge on any atom is -0.459 e. The molecule has 14 heavy (non-hydrogen) atoms. The van der Waals surface area contributed by atoms with E-state index >= 15 is 0 Å². The lowest BCUT2D eigenvalue weighted by molar-refractivity contribution is -0.151. The molecule has 0 aromatic carbocycles. The molecule has 3 N–H and O–H groups in total. The first-order valence-corrected chi connectivity index (χ1v) is 5.29. The maximum absolute atomic E-state index is 11.1. The highest BCUT2D eigenvalue weighted by atomic mass is 32.2. The molecule has 5 nitrogen and oxygen atoms in total. The minimum absolute atomic E-state index is 0.157. The van der Waals surface area contributed by atoms with Gasteiger partial charge < -0.3 is 4.74 Å². The molecule has 0 aliphatic heterocycles. The standard InChI is InChI=1S/C8H16N2O3S/c1-8(2,3)13-7(12)5-14-4-6(11)10-9/h4-5,9H2,1-3H3,(H,10,11). The first-order chi connectivity index (χ1) is 6.35. The molecule has 0 heterocycles. The molecule has 0 atom stereocenters. The summed E-state index contributed by atoms with van der Waals surface area (Å²) in [5.41, 5.74) is 1.50. The second kappa shape index (κ2) is 5.87. The van der Waals surface area contributed by atoms with Crippen LogP contribution in [0.25, 0.3) is 0 Å². The van der Waals surface area contributed by atoms with Gasteiger partial charge >= 0.3 is 5.97 Å². The summed E-state index contributed by atoms with van der Waals surface area (Å²) in [6.45, 7) is 5.38. The monoisotopic (exact) mass is 220 g/mol. The summed E-state index contributed by atoms with van der Waals surface area (Å²) < 4.78 is 5.03. The van der Waals surface area contributed by atoms with E-state index in [1.807, 2.05) is 5.43 Å². The number of nitrogens with two attached hydrogens (primary N) is 1. The fraction of sp³-hybridized carbons (Fsp3) is 0.750. The van der Waals surface area contributed by atoms with Gasteiger partial charge in [0, 0.05) is 0 Å². The lowest BCUT2D eigenvalue weighted by Gasteiger charge is -2.19. The number of amides is 1. The second-order valence-corrected chi connectivity index (χ2v) is 4.63. The Balaban J connectivity index is 3.60. The Morgan fingerprint density at radius 2 is 1.93 bits per heavy atom. The van der Waals surface area contributed by atoms with E-state index in [2.05, 4.69) is 0 Å². The van der Waals surface area contributed by atoms with Crippen molar-refractivity contribution in [3.8, 4) is 0 Å². The Labute approximate surface area is 87.7 Å². The number of hydrogen-bond acceptors (Lipinski definition) is 5. The van der Waals surface area contributed by atoms with Crippen LogP contribution in [-0.2, 0) is 14.3 Å². The molecule has 0 radical (unpaired) electrons. The molecule has 0 unspecified atom stereocenters. The van der Waals surface area contributed by atoms with E-state index in [1.54, 1.807) is 20.8 Å². The highest BCUT2D eigenvalue weighted by molar-refractivity contribution is 8.00. The largest absolute Gasteiger partial charge is 0.459 e. The quantitative estimate of drug-likeness (QED) is 0.303. The Kier molecular flexibility index (Phi) is 5.56. The summed E-state index contributed by atoms with van der Waals surface area (Å²) in [6.07, 6.45) is 0. The molecular weight excluding hydrogens is 204 g/mol. The zero-order valence-electron chi connectivity index (χ0n) is 8.62. The van der Waals surface area contributed by atoms with Crippen LogP contribution in [0.1, 0.15) is 20.8 Å². The van der Waals surface area contributed by atoms with E-state index in [1.165, 1.54) is 11.8 Å². The number of rotatable bonds is 4. The molecule has 0 saturated carbocycles. The van der Waals surface area contributed by atoms with Gasteiger partial charge in [0.15, 0.2) is 0 Å². The molecule has 6 heteroatoms. The molecule has 0 rings (SSSR count). The molecule has 0 aromatic heterocycles. The van der Waals surface area contributed by atoms with Crippen LogP contribution in [-0.4, -0.2) is 29.0 Å². The van der Waals surface area contributed by atoms with Crippen molar-refractivity contribution in [3.05, 3.63) is 0 Å². The molecule has 0 fully saturated rings. The van der Waals surface area contributed by atoms with E-state index in [-0.39, 0.29) is 23.4 Å². The Bertz CT molecular complexity index is 213. The molecule has 82 valence electrons. The van der Waals surface area contributed by atoms with Crippen molar-refractivity contribution in [1.82, 2.24) is 5.43 Å². The lowest BCUT2D eigenvalue weighted by atomic mass is 10.2. The van der Waals surface area contributed by atoms with Gasteiger partial charge in [0.1, 0.15) is 5.60 Å². The van der Waals surface area contributed by atoms with Gasteiger partial charge in [0.2, 0.25) is 5.91 Å². The average Bonchev–Trinajstić information content (AvgIpc) is 2.00. The Morgan fingerprint density at radius 3 is 2.36 bits per heavy atom. The number of hydrazine groups is 1. The van der Waals surface area contributed by atoms with Gasteiger partial charge in [-0.05, 0) is 20.8 Å². The number of carbonyl (C=O) groups is 2. The summed E-state index contributed by atoms with van der Waals surface area (Å²) in [5.74, 6) is 4.55. The van der Waals surface area contributed by atoms with Gasteiger partial charge in [0.05, 0.1) is 11.5 Å².